The molecule has 1 saturated heterocycles. The van der Waals surface area contributed by atoms with Crippen LogP contribution < -0.4 is 0 Å². The van der Waals surface area contributed by atoms with Gasteiger partial charge in [-0.3, -0.25) is 0 Å². The number of rotatable bonds is 7. The van der Waals surface area contributed by atoms with Gasteiger partial charge in [0.05, 0.1) is 21.3 Å². The lowest BCUT2D eigenvalue weighted by Crippen LogP contribution is -2.50. The van der Waals surface area contributed by atoms with E-state index >= 15 is 0 Å². The smallest absolute Gasteiger partial charge is 0.224 e. The van der Waals surface area contributed by atoms with Gasteiger partial charge in [0.2, 0.25) is 20.0 Å². The van der Waals surface area contributed by atoms with Crippen molar-refractivity contribution in [2.24, 2.45) is 0 Å². The van der Waals surface area contributed by atoms with Gasteiger partial charge in [0.25, 0.3) is 0 Å². The highest BCUT2D eigenvalue weighted by Crippen LogP contribution is 2.22. The van der Waals surface area contributed by atoms with Crippen LogP contribution in [0.1, 0.15) is 12.5 Å². The van der Waals surface area contributed by atoms with Crippen LogP contribution in [-0.2, 0) is 35.6 Å². The first-order chi connectivity index (χ1) is 14.1. The maximum absolute atomic E-state index is 12.9. The molecule has 2 aromatic rings. The van der Waals surface area contributed by atoms with E-state index in [0.717, 1.165) is 0 Å². The molecule has 0 bridgehead atoms. The minimum absolute atomic E-state index is 0.0156. The van der Waals surface area contributed by atoms with Crippen molar-refractivity contribution in [3.63, 3.8) is 0 Å². The van der Waals surface area contributed by atoms with Gasteiger partial charge in [0.15, 0.2) is 9.84 Å². The number of sulfone groups is 1. The van der Waals surface area contributed by atoms with Crippen molar-refractivity contribution in [3.05, 3.63) is 60.2 Å². The summed E-state index contributed by atoms with van der Waals surface area (Å²) in [5.74, 6) is -0.202. The summed E-state index contributed by atoms with van der Waals surface area (Å²) >= 11 is 0. The summed E-state index contributed by atoms with van der Waals surface area (Å²) in [7, 11) is -10.8. The Labute approximate surface area is 178 Å². The van der Waals surface area contributed by atoms with Crippen molar-refractivity contribution in [1.29, 1.82) is 0 Å². The van der Waals surface area contributed by atoms with Gasteiger partial charge in [-0.2, -0.15) is 8.61 Å². The monoisotopic (exact) mass is 472 g/mol. The fourth-order valence-electron chi connectivity index (χ4n) is 3.20. The molecular formula is C19H24N2O6S3. The molecule has 1 fully saturated rings. The summed E-state index contributed by atoms with van der Waals surface area (Å²) in [5.41, 5.74) is 0.676. The van der Waals surface area contributed by atoms with Gasteiger partial charge in [0.1, 0.15) is 0 Å². The van der Waals surface area contributed by atoms with Crippen molar-refractivity contribution >= 4 is 29.9 Å². The van der Waals surface area contributed by atoms with Crippen molar-refractivity contribution in [2.75, 3.05) is 31.9 Å². The molecule has 0 spiro atoms. The molecule has 30 heavy (non-hydrogen) atoms. The summed E-state index contributed by atoms with van der Waals surface area (Å²) in [6.07, 6.45) is 0. The molecule has 164 valence electrons. The van der Waals surface area contributed by atoms with Crippen LogP contribution in [0.25, 0.3) is 0 Å². The lowest BCUT2D eigenvalue weighted by molar-refractivity contribution is 0.272. The van der Waals surface area contributed by atoms with E-state index in [2.05, 4.69) is 0 Å². The summed E-state index contributed by atoms with van der Waals surface area (Å²) < 4.78 is 77.4. The van der Waals surface area contributed by atoms with Crippen LogP contribution in [0.5, 0.6) is 0 Å². The fourth-order valence-corrected chi connectivity index (χ4v) is 7.02. The number of hydrogen-bond donors (Lipinski definition) is 0. The Balaban J connectivity index is 1.69. The third-order valence-corrected chi connectivity index (χ3v) is 10.5. The van der Waals surface area contributed by atoms with Crippen molar-refractivity contribution in [3.8, 4) is 0 Å². The van der Waals surface area contributed by atoms with Crippen LogP contribution in [0.2, 0.25) is 0 Å². The number of hydrogen-bond acceptors (Lipinski definition) is 6. The maximum atomic E-state index is 12.9. The predicted octanol–water partition coefficient (Wildman–Crippen LogP) is 1.32. The highest BCUT2D eigenvalue weighted by Gasteiger charge is 2.33. The van der Waals surface area contributed by atoms with Gasteiger partial charge in [-0.25, -0.2) is 25.3 Å². The van der Waals surface area contributed by atoms with Crippen molar-refractivity contribution in [2.45, 2.75) is 22.5 Å². The minimum atomic E-state index is -3.84. The van der Waals surface area contributed by atoms with Gasteiger partial charge >= 0.3 is 0 Å². The second-order valence-electron chi connectivity index (χ2n) is 6.92. The second-order valence-corrected chi connectivity index (χ2v) is 13.1. The van der Waals surface area contributed by atoms with Gasteiger partial charge in [0, 0.05) is 26.2 Å². The summed E-state index contributed by atoms with van der Waals surface area (Å²) in [6.45, 7) is 1.72. The van der Waals surface area contributed by atoms with E-state index in [4.69, 9.17) is 0 Å². The Morgan fingerprint density at radius 3 is 1.73 bits per heavy atom. The zero-order valence-corrected chi connectivity index (χ0v) is 19.0. The predicted molar refractivity (Wildman–Crippen MR) is 114 cm³/mol. The van der Waals surface area contributed by atoms with Gasteiger partial charge in [-0.15, -0.1) is 0 Å². The van der Waals surface area contributed by atoms with Gasteiger partial charge in [-0.05, 0) is 29.8 Å². The van der Waals surface area contributed by atoms with Gasteiger partial charge < -0.3 is 0 Å². The molecule has 0 amide bonds. The normalized spacial score (nSPS) is 17.1. The van der Waals surface area contributed by atoms with Crippen LogP contribution in [0.3, 0.4) is 0 Å². The second kappa shape index (κ2) is 8.75. The molecule has 3 rings (SSSR count). The SMILES string of the molecule is CCS(=O)(=O)c1ccc(S(=O)(=O)N2CCN(S(=O)(=O)Cc3ccccc3)CC2)cc1. The lowest BCUT2D eigenvalue weighted by Gasteiger charge is -2.33. The van der Waals surface area contributed by atoms with E-state index in [0.29, 0.717) is 5.56 Å². The Bertz CT molecular complexity index is 1180. The van der Waals surface area contributed by atoms with Crippen molar-refractivity contribution in [1.82, 2.24) is 8.61 Å². The Morgan fingerprint density at radius 2 is 1.20 bits per heavy atom. The van der Waals surface area contributed by atoms with E-state index in [9.17, 15) is 25.3 Å². The molecule has 1 aliphatic rings. The number of sulfonamides is 2. The maximum Gasteiger partial charge on any atom is 0.243 e. The standard InChI is InChI=1S/C19H24N2O6S3/c1-2-28(22,23)18-8-10-19(11-9-18)30(26,27)21-14-12-20(13-15-21)29(24,25)16-17-6-4-3-5-7-17/h3-11H,2,12-16H2,1H3. The van der Waals surface area contributed by atoms with E-state index in [1.165, 1.54) is 39.8 Å². The number of nitrogens with zero attached hydrogens (tertiary/aromatic N) is 2. The Kier molecular flexibility index (Phi) is 6.68. The first-order valence-electron chi connectivity index (χ1n) is 9.41. The van der Waals surface area contributed by atoms with E-state index in [-0.39, 0.29) is 47.5 Å². The molecule has 0 aromatic heterocycles. The molecule has 0 atom stereocenters. The zero-order chi connectivity index (χ0) is 22.0. The number of benzene rings is 2. The van der Waals surface area contributed by atoms with Crippen LogP contribution in [-0.4, -0.2) is 65.8 Å². The lowest BCUT2D eigenvalue weighted by atomic mass is 10.2. The highest BCUT2D eigenvalue weighted by atomic mass is 32.2. The fraction of sp³-hybridized carbons (Fsp3) is 0.368. The molecule has 0 radical (unpaired) electrons. The first kappa shape index (κ1) is 22.9. The molecule has 0 saturated carbocycles. The third kappa shape index (κ3) is 4.92. The van der Waals surface area contributed by atoms with E-state index in [1.54, 1.807) is 24.3 Å². The summed E-state index contributed by atoms with van der Waals surface area (Å²) in [5, 5.41) is 0. The number of piperazine rings is 1. The summed E-state index contributed by atoms with van der Waals surface area (Å²) in [6, 6.07) is 13.9. The average Bonchev–Trinajstić information content (AvgIpc) is 2.74. The van der Waals surface area contributed by atoms with Crippen LogP contribution in [0, 0.1) is 0 Å². The molecular weight excluding hydrogens is 448 g/mol. The quantitative estimate of drug-likeness (QED) is 0.601. The molecule has 2 aromatic carbocycles. The molecule has 0 N–H and O–H groups in total. The zero-order valence-electron chi connectivity index (χ0n) is 16.5. The molecule has 1 heterocycles. The highest BCUT2D eigenvalue weighted by molar-refractivity contribution is 7.91. The molecule has 0 unspecified atom stereocenters. The molecule has 8 nitrogen and oxygen atoms in total. The third-order valence-electron chi connectivity index (χ3n) is 4.98. The first-order valence-corrected chi connectivity index (χ1v) is 14.1. The van der Waals surface area contributed by atoms with Crippen LogP contribution >= 0.6 is 0 Å². The van der Waals surface area contributed by atoms with Crippen LogP contribution in [0.15, 0.2) is 64.4 Å². The Morgan fingerprint density at radius 1 is 0.700 bits per heavy atom. The van der Waals surface area contributed by atoms with Crippen LogP contribution in [0.4, 0.5) is 0 Å². The Hall–Kier alpha value is -1.79. The van der Waals surface area contributed by atoms with E-state index < -0.39 is 29.9 Å². The van der Waals surface area contributed by atoms with Crippen molar-refractivity contribution < 1.29 is 25.3 Å². The molecule has 1 aliphatic heterocycles. The topological polar surface area (TPSA) is 109 Å². The molecule has 0 aliphatic carbocycles. The minimum Gasteiger partial charge on any atom is -0.224 e. The largest absolute Gasteiger partial charge is 0.243 e. The average molecular weight is 473 g/mol. The van der Waals surface area contributed by atoms with E-state index in [1.807, 2.05) is 6.07 Å². The van der Waals surface area contributed by atoms with Gasteiger partial charge in [-0.1, -0.05) is 37.3 Å². The molecule has 11 heteroatoms. The summed E-state index contributed by atoms with van der Waals surface area (Å²) in [4.78, 5) is 0.0546.